The fraction of sp³-hybridized carbons (Fsp3) is 0.333. The number of rotatable bonds is 2. The summed E-state index contributed by atoms with van der Waals surface area (Å²) in [7, 11) is 1.48. The van der Waals surface area contributed by atoms with Gasteiger partial charge in [-0.25, -0.2) is 0 Å². The zero-order chi connectivity index (χ0) is 11.0. The molecule has 0 amide bonds. The Balaban J connectivity index is 2.36. The van der Waals surface area contributed by atoms with E-state index in [0.717, 1.165) is 0 Å². The van der Waals surface area contributed by atoms with Crippen molar-refractivity contribution in [2.45, 2.75) is 12.3 Å². The predicted molar refractivity (Wildman–Crippen MR) is 49.4 cm³/mol. The summed E-state index contributed by atoms with van der Waals surface area (Å²) in [5.41, 5.74) is 0.414. The van der Waals surface area contributed by atoms with Crippen LogP contribution in [0, 0.1) is 10.1 Å². The number of hydrogen-bond acceptors (Lipinski definition) is 5. The lowest BCUT2D eigenvalue weighted by atomic mass is 10.1. The fourth-order valence-corrected chi connectivity index (χ4v) is 1.49. The van der Waals surface area contributed by atoms with E-state index in [1.165, 1.54) is 13.2 Å². The van der Waals surface area contributed by atoms with Crippen molar-refractivity contribution < 1.29 is 19.5 Å². The van der Waals surface area contributed by atoms with Gasteiger partial charge in [-0.15, -0.1) is 0 Å². The molecule has 2 rings (SSSR count). The molecule has 1 aromatic rings. The van der Waals surface area contributed by atoms with E-state index in [9.17, 15) is 15.2 Å². The van der Waals surface area contributed by atoms with Crippen molar-refractivity contribution in [3.63, 3.8) is 0 Å². The fourth-order valence-electron chi connectivity index (χ4n) is 1.49. The number of ether oxygens (including phenoxy) is 2. The molecule has 1 N–H and O–H groups in total. The number of aliphatic hydroxyl groups is 1. The molecule has 0 aromatic heterocycles. The summed E-state index contributed by atoms with van der Waals surface area (Å²) in [5.74, 6) is 0.827. The summed E-state index contributed by atoms with van der Waals surface area (Å²) >= 11 is 0. The first-order chi connectivity index (χ1) is 7.13. The van der Waals surface area contributed by atoms with Crippen LogP contribution in [-0.4, -0.2) is 23.4 Å². The number of nitro groups is 1. The first-order valence-electron chi connectivity index (χ1n) is 4.29. The number of aliphatic hydroxyl groups excluding tert-OH is 1. The van der Waals surface area contributed by atoms with E-state index >= 15 is 0 Å². The maximum Gasteiger partial charge on any atom is 0.384 e. The monoisotopic (exact) mass is 211 g/mol. The van der Waals surface area contributed by atoms with Crippen molar-refractivity contribution in [2.24, 2.45) is 0 Å². The Morgan fingerprint density at radius 2 is 2.33 bits per heavy atom. The second-order valence-corrected chi connectivity index (χ2v) is 3.14. The van der Waals surface area contributed by atoms with E-state index in [-0.39, 0.29) is 0 Å². The summed E-state index contributed by atoms with van der Waals surface area (Å²) in [6.07, 6.45) is -2.65. The van der Waals surface area contributed by atoms with Gasteiger partial charge in [-0.05, 0) is 12.1 Å². The molecule has 6 heteroatoms. The minimum atomic E-state index is -1.42. The molecule has 1 aromatic carbocycles. The van der Waals surface area contributed by atoms with Gasteiger partial charge in [-0.1, -0.05) is 0 Å². The van der Waals surface area contributed by atoms with Crippen molar-refractivity contribution in [2.75, 3.05) is 7.11 Å². The molecule has 0 aliphatic carbocycles. The standard InChI is InChI=1S/C9H9NO5/c1-14-5-2-3-6-7(4-5)15-9(8(6)11)10(12)13/h2-4,8-9,11H,1H3/t8-,9+/m1/s1. The number of hydrogen-bond donors (Lipinski definition) is 1. The van der Waals surface area contributed by atoms with Crippen LogP contribution in [0.5, 0.6) is 11.5 Å². The number of benzene rings is 1. The summed E-state index contributed by atoms with van der Waals surface area (Å²) in [5, 5.41) is 20.1. The van der Waals surface area contributed by atoms with Crippen LogP contribution in [0.15, 0.2) is 18.2 Å². The molecule has 0 spiro atoms. The second kappa shape index (κ2) is 3.39. The highest BCUT2D eigenvalue weighted by molar-refractivity contribution is 5.44. The quantitative estimate of drug-likeness (QED) is 0.575. The zero-order valence-electron chi connectivity index (χ0n) is 7.91. The van der Waals surface area contributed by atoms with Crippen molar-refractivity contribution in [1.29, 1.82) is 0 Å². The lowest BCUT2D eigenvalue weighted by Gasteiger charge is -2.04. The van der Waals surface area contributed by atoms with Crippen LogP contribution < -0.4 is 9.47 Å². The highest BCUT2D eigenvalue weighted by atomic mass is 16.7. The Morgan fingerprint density at radius 3 is 2.93 bits per heavy atom. The third-order valence-electron chi connectivity index (χ3n) is 2.26. The first-order valence-corrected chi connectivity index (χ1v) is 4.29. The van der Waals surface area contributed by atoms with Crippen LogP contribution >= 0.6 is 0 Å². The van der Waals surface area contributed by atoms with Crippen molar-refractivity contribution in [3.8, 4) is 11.5 Å². The van der Waals surface area contributed by atoms with Gasteiger partial charge in [-0.2, -0.15) is 0 Å². The van der Waals surface area contributed by atoms with E-state index in [2.05, 4.69) is 0 Å². The Labute approximate surface area is 85.2 Å². The molecule has 15 heavy (non-hydrogen) atoms. The van der Waals surface area contributed by atoms with Gasteiger partial charge >= 0.3 is 6.23 Å². The minimum absolute atomic E-state index is 0.295. The smallest absolute Gasteiger partial charge is 0.384 e. The normalized spacial score (nSPS) is 23.1. The zero-order valence-corrected chi connectivity index (χ0v) is 7.91. The van der Waals surface area contributed by atoms with Gasteiger partial charge in [0, 0.05) is 11.6 Å². The predicted octanol–water partition coefficient (Wildman–Crippen LogP) is 0.724. The van der Waals surface area contributed by atoms with Gasteiger partial charge in [0.2, 0.25) is 0 Å². The average Bonchev–Trinajstić information content (AvgIpc) is 2.55. The van der Waals surface area contributed by atoms with Gasteiger partial charge in [0.15, 0.2) is 6.10 Å². The van der Waals surface area contributed by atoms with Crippen LogP contribution in [0.1, 0.15) is 11.7 Å². The molecule has 0 bridgehead atoms. The summed E-state index contributed by atoms with van der Waals surface area (Å²) in [6.45, 7) is 0. The molecule has 80 valence electrons. The Bertz CT molecular complexity index is 405. The molecule has 0 radical (unpaired) electrons. The number of methoxy groups -OCH3 is 1. The van der Waals surface area contributed by atoms with Crippen molar-refractivity contribution >= 4 is 0 Å². The lowest BCUT2D eigenvalue weighted by Crippen LogP contribution is -2.27. The van der Waals surface area contributed by atoms with E-state index in [0.29, 0.717) is 17.1 Å². The maximum absolute atomic E-state index is 10.5. The van der Waals surface area contributed by atoms with E-state index in [4.69, 9.17) is 9.47 Å². The van der Waals surface area contributed by atoms with Crippen molar-refractivity contribution in [1.82, 2.24) is 0 Å². The van der Waals surface area contributed by atoms with E-state index in [1.54, 1.807) is 12.1 Å². The Hall–Kier alpha value is -1.82. The molecule has 2 atom stereocenters. The summed E-state index contributed by atoms with van der Waals surface area (Å²) in [4.78, 5) is 9.87. The molecule has 0 saturated carbocycles. The van der Waals surface area contributed by atoms with Crippen molar-refractivity contribution in [3.05, 3.63) is 33.9 Å². The van der Waals surface area contributed by atoms with Crippen LogP contribution in [0.4, 0.5) is 0 Å². The SMILES string of the molecule is COc1ccc2c(c1)O[C@H]([N+](=O)[O-])[C@@H]2O. The Morgan fingerprint density at radius 1 is 1.60 bits per heavy atom. The van der Waals surface area contributed by atoms with Gasteiger partial charge in [0.1, 0.15) is 11.5 Å². The molecule has 0 saturated heterocycles. The molecule has 1 aliphatic rings. The molecule has 0 unspecified atom stereocenters. The van der Waals surface area contributed by atoms with Gasteiger partial charge in [0.05, 0.1) is 12.0 Å². The Kier molecular flexibility index (Phi) is 2.20. The highest BCUT2D eigenvalue weighted by Gasteiger charge is 2.41. The third kappa shape index (κ3) is 1.48. The van der Waals surface area contributed by atoms with Crippen LogP contribution in [-0.2, 0) is 0 Å². The largest absolute Gasteiger partial charge is 0.497 e. The molecule has 0 fully saturated rings. The summed E-state index contributed by atoms with van der Waals surface area (Å²) in [6, 6.07) is 4.69. The maximum atomic E-state index is 10.5. The van der Waals surface area contributed by atoms with Gasteiger partial charge < -0.3 is 14.6 Å². The van der Waals surface area contributed by atoms with Crippen LogP contribution in [0.3, 0.4) is 0 Å². The van der Waals surface area contributed by atoms with E-state index in [1.807, 2.05) is 0 Å². The number of fused-ring (bicyclic) bond motifs is 1. The highest BCUT2D eigenvalue weighted by Crippen LogP contribution is 2.38. The minimum Gasteiger partial charge on any atom is -0.497 e. The average molecular weight is 211 g/mol. The van der Waals surface area contributed by atoms with Gasteiger partial charge in [-0.3, -0.25) is 10.1 Å². The topological polar surface area (TPSA) is 81.8 Å². The summed E-state index contributed by atoms with van der Waals surface area (Å²) < 4.78 is 9.93. The molecular formula is C9H9NO5. The molecule has 6 nitrogen and oxygen atoms in total. The van der Waals surface area contributed by atoms with E-state index < -0.39 is 17.3 Å². The van der Waals surface area contributed by atoms with Crippen LogP contribution in [0.25, 0.3) is 0 Å². The second-order valence-electron chi connectivity index (χ2n) is 3.14. The molecular weight excluding hydrogens is 202 g/mol. The third-order valence-corrected chi connectivity index (χ3v) is 2.26. The molecule has 1 aliphatic heterocycles. The first kappa shape index (κ1) is 9.72. The molecule has 1 heterocycles. The number of nitrogens with zero attached hydrogens (tertiary/aromatic N) is 1. The van der Waals surface area contributed by atoms with Gasteiger partial charge in [0.25, 0.3) is 0 Å². The van der Waals surface area contributed by atoms with Crippen LogP contribution in [0.2, 0.25) is 0 Å². The lowest BCUT2D eigenvalue weighted by molar-refractivity contribution is -0.572.